The van der Waals surface area contributed by atoms with E-state index in [9.17, 15) is 0 Å². The van der Waals surface area contributed by atoms with Crippen molar-refractivity contribution in [3.63, 3.8) is 0 Å². The Hall–Kier alpha value is -1.55. The largest absolute Gasteiger partial charge is 0.471 e. The van der Waals surface area contributed by atoms with Crippen LogP contribution >= 0.6 is 15.9 Å². The summed E-state index contributed by atoms with van der Waals surface area (Å²) in [4.78, 5) is 8.95. The van der Waals surface area contributed by atoms with Crippen LogP contribution in [-0.4, -0.2) is 13.6 Å². The Morgan fingerprint density at radius 2 is 2.06 bits per heavy atom. The Morgan fingerprint density at radius 3 is 2.71 bits per heavy atom. The van der Waals surface area contributed by atoms with E-state index in [4.69, 9.17) is 4.79 Å². The third-order valence-corrected chi connectivity index (χ3v) is 2.95. The highest BCUT2D eigenvalue weighted by molar-refractivity contribution is 9.11. The maximum absolute atomic E-state index is 8.95. The highest BCUT2D eigenvalue weighted by atomic mass is 79.9. The van der Waals surface area contributed by atoms with E-state index in [0.29, 0.717) is 6.47 Å². The molecule has 0 spiro atoms. The van der Waals surface area contributed by atoms with Crippen LogP contribution in [0.4, 0.5) is 0 Å². The first-order valence-electron chi connectivity index (χ1n) is 5.06. The fourth-order valence-corrected chi connectivity index (χ4v) is 1.65. The van der Waals surface area contributed by atoms with Gasteiger partial charge in [-0.3, -0.25) is 4.79 Å². The van der Waals surface area contributed by atoms with E-state index in [-0.39, 0.29) is 0 Å². The fraction of sp³-hybridized carbons (Fsp3) is 0.154. The van der Waals surface area contributed by atoms with Crippen molar-refractivity contribution in [3.05, 3.63) is 57.9 Å². The normalized spacial score (nSPS) is 16.6. The van der Waals surface area contributed by atoms with Gasteiger partial charge in [0.05, 0.1) is 7.11 Å². The number of rotatable bonds is 1. The first-order valence-corrected chi connectivity index (χ1v) is 5.85. The molecule has 1 N–H and O–H groups in total. The summed E-state index contributed by atoms with van der Waals surface area (Å²) in [6, 6.07) is 0. The maximum atomic E-state index is 8.95. The highest BCUT2D eigenvalue weighted by Gasteiger charge is 2.10. The van der Waals surface area contributed by atoms with Crippen LogP contribution in [0, 0.1) is 0 Å². The number of allylic oxidation sites excluding steroid dienone is 8. The smallest absolute Gasteiger partial charge is 0.292 e. The molecule has 0 radical (unpaired) electrons. The number of nitrogens with one attached hydrogen (secondary N) is 1. The summed E-state index contributed by atoms with van der Waals surface area (Å²) in [7, 11) is 1.31. The van der Waals surface area contributed by atoms with Crippen LogP contribution in [0.2, 0.25) is 0 Å². The second kappa shape index (κ2) is 6.91. The molecule has 0 amide bonds. The molecular weight excluding hydrogens is 282 g/mol. The van der Waals surface area contributed by atoms with Gasteiger partial charge in [-0.05, 0) is 40.6 Å². The predicted molar refractivity (Wildman–Crippen MR) is 72.3 cm³/mol. The minimum Gasteiger partial charge on any atom is -0.471 e. The monoisotopic (exact) mass is 295 g/mol. The molecule has 1 heterocycles. The minimum atomic E-state index is 0.375. The number of methoxy groups -OCH3 is 1. The molecule has 0 atom stereocenters. The summed E-state index contributed by atoms with van der Waals surface area (Å²) in [6.07, 6.45) is 12.4. The van der Waals surface area contributed by atoms with E-state index in [1.54, 1.807) is 0 Å². The van der Waals surface area contributed by atoms with Crippen LogP contribution in [0.3, 0.4) is 0 Å². The molecule has 0 aromatic rings. The van der Waals surface area contributed by atoms with Crippen molar-refractivity contribution < 1.29 is 9.53 Å². The van der Waals surface area contributed by atoms with Crippen molar-refractivity contribution in [1.82, 2.24) is 5.32 Å². The quantitative estimate of drug-likeness (QED) is 0.756. The third kappa shape index (κ3) is 4.07. The molecule has 3 nitrogen and oxygen atoms in total. The first kappa shape index (κ1) is 13.5. The van der Waals surface area contributed by atoms with Gasteiger partial charge in [0.25, 0.3) is 6.47 Å². The number of ether oxygens (including phenoxy) is 1. The van der Waals surface area contributed by atoms with Gasteiger partial charge in [0.1, 0.15) is 0 Å². The molecule has 1 aliphatic heterocycles. The molecule has 0 unspecified atom stereocenters. The van der Waals surface area contributed by atoms with Gasteiger partial charge >= 0.3 is 0 Å². The molecule has 1 aliphatic carbocycles. The zero-order chi connectivity index (χ0) is 12.7. The molecule has 4 heteroatoms. The maximum Gasteiger partial charge on any atom is 0.292 e. The third-order valence-electron chi connectivity index (χ3n) is 2.13. The Morgan fingerprint density at radius 1 is 1.35 bits per heavy atom. The second-order valence-corrected chi connectivity index (χ2v) is 4.21. The Bertz CT molecular complexity index is 442. The van der Waals surface area contributed by atoms with Gasteiger partial charge in [-0.15, -0.1) is 0 Å². The van der Waals surface area contributed by atoms with E-state index < -0.39 is 0 Å². The Kier molecular flexibility index (Phi) is 5.49. The lowest BCUT2D eigenvalue weighted by atomic mass is 10.1. The molecule has 2 rings (SSSR count). The molecule has 0 fully saturated rings. The van der Waals surface area contributed by atoms with Gasteiger partial charge in [-0.1, -0.05) is 24.3 Å². The Balaban J connectivity index is 0.000000317. The van der Waals surface area contributed by atoms with E-state index in [1.165, 1.54) is 12.7 Å². The number of hydrogen-bond donors (Lipinski definition) is 1. The van der Waals surface area contributed by atoms with Crippen molar-refractivity contribution in [1.29, 1.82) is 0 Å². The molecule has 0 aromatic carbocycles. The number of carbonyl (C=O) groups is 1. The number of fused-ring (bicyclic) bond motifs is 1. The van der Waals surface area contributed by atoms with E-state index in [0.717, 1.165) is 15.9 Å². The van der Waals surface area contributed by atoms with E-state index >= 15 is 0 Å². The average Bonchev–Trinajstić information content (AvgIpc) is 2.55. The topological polar surface area (TPSA) is 38.3 Å². The van der Waals surface area contributed by atoms with Gasteiger partial charge < -0.3 is 10.1 Å². The van der Waals surface area contributed by atoms with Crippen molar-refractivity contribution in [3.8, 4) is 0 Å². The molecule has 2 aliphatic rings. The van der Waals surface area contributed by atoms with Crippen molar-refractivity contribution in [2.24, 2.45) is 0 Å². The predicted octanol–water partition coefficient (Wildman–Crippen LogP) is 2.94. The van der Waals surface area contributed by atoms with E-state index in [1.807, 2.05) is 18.2 Å². The van der Waals surface area contributed by atoms with Crippen molar-refractivity contribution >= 4 is 22.4 Å². The number of carbonyl (C=O) groups excluding carboxylic acids is 1. The van der Waals surface area contributed by atoms with Gasteiger partial charge in [0, 0.05) is 15.9 Å². The summed E-state index contributed by atoms with van der Waals surface area (Å²) in [5, 5.41) is 3.33. The number of hydrogen-bond acceptors (Lipinski definition) is 3. The van der Waals surface area contributed by atoms with Gasteiger partial charge in [-0.25, -0.2) is 0 Å². The van der Waals surface area contributed by atoms with Crippen LogP contribution < -0.4 is 5.32 Å². The van der Waals surface area contributed by atoms with E-state index in [2.05, 4.69) is 51.1 Å². The lowest BCUT2D eigenvalue weighted by Gasteiger charge is -2.17. The number of halogens is 1. The second-order valence-electron chi connectivity index (χ2n) is 3.35. The number of dihydropyridines is 1. The van der Waals surface area contributed by atoms with Crippen LogP contribution in [0.25, 0.3) is 0 Å². The average molecular weight is 296 g/mol. The highest BCUT2D eigenvalue weighted by Crippen LogP contribution is 2.25. The molecule has 0 bridgehead atoms. The van der Waals surface area contributed by atoms with Crippen molar-refractivity contribution in [2.45, 2.75) is 6.92 Å². The van der Waals surface area contributed by atoms with Crippen LogP contribution in [0.15, 0.2) is 57.9 Å². The standard InChI is InChI=1S/C11H10BrN.C2H4O2/c1-8-10(12)7-9-5-3-2-4-6-11(9)13-8;1-4-2-3/h2-7,13H,1H3;2H,1H3. The van der Waals surface area contributed by atoms with Gasteiger partial charge in [0.15, 0.2) is 0 Å². The molecule has 0 saturated heterocycles. The fourth-order valence-electron chi connectivity index (χ4n) is 1.31. The van der Waals surface area contributed by atoms with Gasteiger partial charge in [0.2, 0.25) is 0 Å². The summed E-state index contributed by atoms with van der Waals surface area (Å²) < 4.78 is 4.98. The lowest BCUT2D eigenvalue weighted by molar-refractivity contribution is -0.126. The zero-order valence-electron chi connectivity index (χ0n) is 9.74. The first-order chi connectivity index (χ1) is 8.19. The summed E-state index contributed by atoms with van der Waals surface area (Å²) in [5.41, 5.74) is 3.52. The SMILES string of the molecule is CC1=C(Br)C=C2C=CC=CC=C2N1.COC=O. The van der Waals surface area contributed by atoms with Crippen LogP contribution in [0.5, 0.6) is 0 Å². The lowest BCUT2D eigenvalue weighted by Crippen LogP contribution is -2.16. The summed E-state index contributed by atoms with van der Waals surface area (Å²) in [5.74, 6) is 0. The van der Waals surface area contributed by atoms with Crippen LogP contribution in [0.1, 0.15) is 6.92 Å². The molecular formula is C13H14BrNO2. The summed E-state index contributed by atoms with van der Waals surface area (Å²) >= 11 is 3.50. The summed E-state index contributed by atoms with van der Waals surface area (Å²) in [6.45, 7) is 2.43. The molecule has 90 valence electrons. The Labute approximate surface area is 109 Å². The minimum absolute atomic E-state index is 0.375. The zero-order valence-corrected chi connectivity index (χ0v) is 11.3. The molecule has 0 saturated carbocycles. The van der Waals surface area contributed by atoms with Crippen molar-refractivity contribution in [2.75, 3.05) is 7.11 Å². The molecule has 0 aromatic heterocycles. The van der Waals surface area contributed by atoms with Gasteiger partial charge in [-0.2, -0.15) is 0 Å². The molecule has 17 heavy (non-hydrogen) atoms. The van der Waals surface area contributed by atoms with Crippen LogP contribution in [-0.2, 0) is 9.53 Å².